The fraction of sp³-hybridized carbons (Fsp3) is 0.136. The molecule has 0 aliphatic carbocycles. The van der Waals surface area contributed by atoms with Gasteiger partial charge in [0.15, 0.2) is 11.5 Å². The lowest BCUT2D eigenvalue weighted by molar-refractivity contribution is 0.282. The number of fused-ring (bicyclic) bond motifs is 1. The number of nitrogens with one attached hydrogen (secondary N) is 1. The molecule has 2 aromatic heterocycles. The third-order valence-corrected chi connectivity index (χ3v) is 5.09. The number of nitrogens with zero attached hydrogens (tertiary/aromatic N) is 1. The number of hydrogen-bond acceptors (Lipinski definition) is 3. The molecule has 1 N–H and O–H groups in total. The summed E-state index contributed by atoms with van der Waals surface area (Å²) in [6, 6.07) is 12.1. The summed E-state index contributed by atoms with van der Waals surface area (Å²) < 4.78 is 26.1. The van der Waals surface area contributed by atoms with Crippen molar-refractivity contribution in [3.63, 3.8) is 0 Å². The van der Waals surface area contributed by atoms with Crippen LogP contribution in [0.1, 0.15) is 16.7 Å². The highest BCUT2D eigenvalue weighted by Gasteiger charge is 2.18. The molecule has 148 valence electrons. The molecule has 0 atom stereocenters. The van der Waals surface area contributed by atoms with Crippen molar-refractivity contribution in [2.45, 2.75) is 13.0 Å². The maximum absolute atomic E-state index is 14.7. The van der Waals surface area contributed by atoms with Crippen molar-refractivity contribution >= 4 is 34.2 Å². The fourth-order valence-corrected chi connectivity index (χ4v) is 3.48. The zero-order valence-corrected chi connectivity index (χ0v) is 17.0. The molecule has 2 heterocycles. The van der Waals surface area contributed by atoms with E-state index in [0.717, 1.165) is 16.5 Å². The molecule has 0 aliphatic heterocycles. The number of rotatable bonds is 6. The molecule has 7 heteroatoms. The molecule has 0 bridgehead atoms. The van der Waals surface area contributed by atoms with E-state index in [1.807, 2.05) is 12.1 Å². The van der Waals surface area contributed by atoms with Gasteiger partial charge in [0, 0.05) is 34.8 Å². The highest BCUT2D eigenvalue weighted by atomic mass is 35.5. The standard InChI is InChI=1S/C22H17Cl2FN2O2/c1-28-21-18(8-14-10-26-22-17(14)9-16(24)11-27-22)19(25)6-7-20(21)29-12-13-2-4-15(23)5-3-13/h2-7,9-11H,8,12H2,1H3,(H,26,27). The summed E-state index contributed by atoms with van der Waals surface area (Å²) >= 11 is 12.0. The third kappa shape index (κ3) is 4.16. The lowest BCUT2D eigenvalue weighted by atomic mass is 10.0. The number of aromatic nitrogens is 2. The average molecular weight is 431 g/mol. The molecular formula is C22H17Cl2FN2O2. The minimum absolute atomic E-state index is 0.301. The Kier molecular flexibility index (Phi) is 5.60. The Morgan fingerprint density at radius 2 is 1.86 bits per heavy atom. The zero-order chi connectivity index (χ0) is 20.4. The second-order valence-electron chi connectivity index (χ2n) is 6.51. The van der Waals surface area contributed by atoms with Crippen LogP contribution in [-0.4, -0.2) is 17.1 Å². The molecule has 0 fully saturated rings. The number of methoxy groups -OCH3 is 1. The van der Waals surface area contributed by atoms with E-state index in [-0.39, 0.29) is 5.82 Å². The summed E-state index contributed by atoms with van der Waals surface area (Å²) in [4.78, 5) is 7.33. The molecule has 0 spiro atoms. The smallest absolute Gasteiger partial charge is 0.167 e. The van der Waals surface area contributed by atoms with Gasteiger partial charge < -0.3 is 14.5 Å². The van der Waals surface area contributed by atoms with Crippen LogP contribution in [0.25, 0.3) is 11.0 Å². The monoisotopic (exact) mass is 430 g/mol. The van der Waals surface area contributed by atoms with Crippen molar-refractivity contribution < 1.29 is 13.9 Å². The Bertz CT molecular complexity index is 1160. The topological polar surface area (TPSA) is 47.1 Å². The molecule has 0 amide bonds. The number of ether oxygens (including phenoxy) is 2. The van der Waals surface area contributed by atoms with Crippen LogP contribution in [0.2, 0.25) is 10.0 Å². The Morgan fingerprint density at radius 1 is 1.07 bits per heavy atom. The Morgan fingerprint density at radius 3 is 2.62 bits per heavy atom. The van der Waals surface area contributed by atoms with Gasteiger partial charge in [0.05, 0.1) is 12.1 Å². The maximum Gasteiger partial charge on any atom is 0.167 e. The van der Waals surface area contributed by atoms with Crippen LogP contribution >= 0.6 is 23.2 Å². The quantitative estimate of drug-likeness (QED) is 0.396. The van der Waals surface area contributed by atoms with Gasteiger partial charge >= 0.3 is 0 Å². The highest BCUT2D eigenvalue weighted by Crippen LogP contribution is 2.36. The summed E-state index contributed by atoms with van der Waals surface area (Å²) in [6.07, 6.45) is 3.67. The van der Waals surface area contributed by atoms with Gasteiger partial charge in [-0.05, 0) is 41.5 Å². The average Bonchev–Trinajstić information content (AvgIpc) is 3.11. The van der Waals surface area contributed by atoms with Crippen LogP contribution in [0.5, 0.6) is 11.5 Å². The molecule has 0 saturated carbocycles. The minimum atomic E-state index is -0.370. The van der Waals surface area contributed by atoms with Crippen LogP contribution in [0.3, 0.4) is 0 Å². The third-order valence-electron chi connectivity index (χ3n) is 4.63. The molecule has 0 aliphatic rings. The summed E-state index contributed by atoms with van der Waals surface area (Å²) in [5.41, 5.74) is 2.91. The van der Waals surface area contributed by atoms with E-state index in [2.05, 4.69) is 9.97 Å². The first-order valence-corrected chi connectivity index (χ1v) is 9.65. The number of aromatic amines is 1. The zero-order valence-electron chi connectivity index (χ0n) is 15.5. The highest BCUT2D eigenvalue weighted by molar-refractivity contribution is 6.31. The van der Waals surface area contributed by atoms with E-state index < -0.39 is 0 Å². The first-order chi connectivity index (χ1) is 14.0. The summed E-state index contributed by atoms with van der Waals surface area (Å²) in [5, 5.41) is 2.01. The molecule has 4 nitrogen and oxygen atoms in total. The van der Waals surface area contributed by atoms with Crippen LogP contribution < -0.4 is 9.47 Å². The normalized spacial score (nSPS) is 11.0. The van der Waals surface area contributed by atoms with Gasteiger partial charge in [-0.1, -0.05) is 35.3 Å². The summed E-state index contributed by atoms with van der Waals surface area (Å²) in [6.45, 7) is 0.311. The Hall–Kier alpha value is -2.76. The largest absolute Gasteiger partial charge is 0.492 e. The van der Waals surface area contributed by atoms with Crippen molar-refractivity contribution in [3.8, 4) is 11.5 Å². The summed E-state index contributed by atoms with van der Waals surface area (Å²) in [5.74, 6) is 0.461. The lowest BCUT2D eigenvalue weighted by Crippen LogP contribution is -2.03. The van der Waals surface area contributed by atoms with Gasteiger partial charge in [-0.2, -0.15) is 0 Å². The Balaban J connectivity index is 1.64. The molecule has 0 saturated heterocycles. The Labute approximate surface area is 177 Å². The number of pyridine rings is 1. The van der Waals surface area contributed by atoms with E-state index >= 15 is 0 Å². The number of benzene rings is 2. The van der Waals surface area contributed by atoms with Crippen molar-refractivity contribution in [3.05, 3.63) is 87.4 Å². The van der Waals surface area contributed by atoms with Gasteiger partial charge in [0.1, 0.15) is 18.1 Å². The molecule has 0 radical (unpaired) electrons. The predicted octanol–water partition coefficient (Wildman–Crippen LogP) is 6.19. The van der Waals surface area contributed by atoms with E-state index in [4.69, 9.17) is 32.7 Å². The van der Waals surface area contributed by atoms with Gasteiger partial charge in [-0.3, -0.25) is 0 Å². The van der Waals surface area contributed by atoms with E-state index in [1.54, 1.807) is 36.7 Å². The lowest BCUT2D eigenvalue weighted by Gasteiger charge is -2.15. The maximum atomic E-state index is 14.7. The van der Waals surface area contributed by atoms with E-state index in [1.165, 1.54) is 13.2 Å². The van der Waals surface area contributed by atoms with Crippen LogP contribution in [0.4, 0.5) is 4.39 Å². The molecule has 2 aromatic carbocycles. The molecule has 4 rings (SSSR count). The number of halogens is 3. The van der Waals surface area contributed by atoms with Gasteiger partial charge in [0.2, 0.25) is 0 Å². The van der Waals surface area contributed by atoms with Crippen molar-refractivity contribution in [2.24, 2.45) is 0 Å². The fourth-order valence-electron chi connectivity index (χ4n) is 3.20. The van der Waals surface area contributed by atoms with Gasteiger partial charge in [0.25, 0.3) is 0 Å². The van der Waals surface area contributed by atoms with Gasteiger partial charge in [-0.25, -0.2) is 9.37 Å². The van der Waals surface area contributed by atoms with Crippen molar-refractivity contribution in [1.29, 1.82) is 0 Å². The molecule has 29 heavy (non-hydrogen) atoms. The van der Waals surface area contributed by atoms with E-state index in [0.29, 0.717) is 45.8 Å². The summed E-state index contributed by atoms with van der Waals surface area (Å²) in [7, 11) is 1.50. The van der Waals surface area contributed by atoms with Crippen molar-refractivity contribution in [1.82, 2.24) is 9.97 Å². The van der Waals surface area contributed by atoms with Crippen LogP contribution in [0.15, 0.2) is 54.9 Å². The second-order valence-corrected chi connectivity index (χ2v) is 7.39. The first kappa shape index (κ1) is 19.6. The van der Waals surface area contributed by atoms with Crippen LogP contribution in [0, 0.1) is 5.82 Å². The minimum Gasteiger partial charge on any atom is -0.492 e. The molecule has 4 aromatic rings. The van der Waals surface area contributed by atoms with Gasteiger partial charge in [-0.15, -0.1) is 0 Å². The van der Waals surface area contributed by atoms with Crippen LogP contribution in [-0.2, 0) is 13.0 Å². The molecule has 0 unspecified atom stereocenters. The number of hydrogen-bond donors (Lipinski definition) is 1. The first-order valence-electron chi connectivity index (χ1n) is 8.89. The van der Waals surface area contributed by atoms with Crippen molar-refractivity contribution in [2.75, 3.05) is 7.11 Å². The molecular weight excluding hydrogens is 414 g/mol. The predicted molar refractivity (Wildman–Crippen MR) is 113 cm³/mol. The SMILES string of the molecule is COc1c(OCc2ccc(Cl)cc2)ccc(F)c1Cc1c[nH]c2ncc(Cl)cc12. The second kappa shape index (κ2) is 8.31. The number of H-pyrrole nitrogens is 1. The van der Waals surface area contributed by atoms with E-state index in [9.17, 15) is 4.39 Å².